The van der Waals surface area contributed by atoms with Gasteiger partial charge < -0.3 is 20.0 Å². The quantitative estimate of drug-likeness (QED) is 0.232. The predicted octanol–water partition coefficient (Wildman–Crippen LogP) is 5.87. The number of nitrogens with zero attached hydrogens (tertiary/aromatic N) is 2. The van der Waals surface area contributed by atoms with Crippen molar-refractivity contribution in [1.82, 2.24) is 9.80 Å². The molecule has 6 atom stereocenters. The summed E-state index contributed by atoms with van der Waals surface area (Å²) < 4.78 is 0. The molecule has 8 heteroatoms. The number of carboxylic acid groups (broad SMARTS) is 2. The first-order valence-electron chi connectivity index (χ1n) is 17.4. The highest BCUT2D eigenvalue weighted by Gasteiger charge is 2.70. The summed E-state index contributed by atoms with van der Waals surface area (Å²) in [4.78, 5) is 54.4. The van der Waals surface area contributed by atoms with E-state index in [2.05, 4.69) is 0 Å². The molecular weight excluding hydrogens is 532 g/mol. The summed E-state index contributed by atoms with van der Waals surface area (Å²) in [5, 5.41) is 20.2. The Balaban J connectivity index is 0.979. The maximum Gasteiger partial charge on any atom is 0.309 e. The molecule has 0 radical (unpaired) electrons. The van der Waals surface area contributed by atoms with Crippen molar-refractivity contribution >= 4 is 23.8 Å². The number of carboxylic acids is 2. The lowest BCUT2D eigenvalue weighted by Gasteiger charge is -2.35. The fraction of sp³-hybridized carbons (Fsp3) is 0.882. The van der Waals surface area contributed by atoms with Crippen LogP contribution < -0.4 is 0 Å². The molecule has 2 N–H and O–H groups in total. The van der Waals surface area contributed by atoms with Crippen molar-refractivity contribution in [3.05, 3.63) is 0 Å². The van der Waals surface area contributed by atoms with Crippen LogP contribution in [0.3, 0.4) is 0 Å². The van der Waals surface area contributed by atoms with Crippen molar-refractivity contribution in [1.29, 1.82) is 0 Å². The molecule has 2 amide bonds. The van der Waals surface area contributed by atoms with Crippen LogP contribution in [0.2, 0.25) is 0 Å². The summed E-state index contributed by atoms with van der Waals surface area (Å²) in [5.41, 5.74) is -1.64. The third kappa shape index (κ3) is 5.49. The lowest BCUT2D eigenvalue weighted by molar-refractivity contribution is -0.147. The molecule has 2 heterocycles. The molecule has 6 aliphatic rings. The van der Waals surface area contributed by atoms with E-state index in [0.29, 0.717) is 75.3 Å². The van der Waals surface area contributed by atoms with E-state index < -0.39 is 34.9 Å². The minimum absolute atomic E-state index is 0.00693. The van der Waals surface area contributed by atoms with Crippen LogP contribution in [0.1, 0.15) is 128 Å². The third-order valence-electron chi connectivity index (χ3n) is 12.6. The smallest absolute Gasteiger partial charge is 0.309 e. The first kappa shape index (κ1) is 29.9. The fourth-order valence-electron chi connectivity index (χ4n) is 10.3. The highest BCUT2D eigenvalue weighted by molar-refractivity contribution is 6.06. The average Bonchev–Trinajstić information content (AvgIpc) is 3.77. The van der Waals surface area contributed by atoms with Gasteiger partial charge in [-0.25, -0.2) is 0 Å². The second-order valence-corrected chi connectivity index (χ2v) is 15.0. The van der Waals surface area contributed by atoms with Gasteiger partial charge in [0.05, 0.1) is 11.8 Å². The molecule has 2 aliphatic heterocycles. The van der Waals surface area contributed by atoms with Gasteiger partial charge in [-0.15, -0.1) is 0 Å². The number of rotatable bonds is 11. The van der Waals surface area contributed by atoms with Gasteiger partial charge in [0.1, 0.15) is 11.1 Å². The second kappa shape index (κ2) is 12.1. The van der Waals surface area contributed by atoms with E-state index >= 15 is 0 Å². The van der Waals surface area contributed by atoms with Crippen molar-refractivity contribution in [3.8, 4) is 0 Å². The average molecular weight is 585 g/mol. The summed E-state index contributed by atoms with van der Waals surface area (Å²) >= 11 is 0. The van der Waals surface area contributed by atoms with Gasteiger partial charge in [-0.1, -0.05) is 64.2 Å². The Labute approximate surface area is 251 Å². The Hall–Kier alpha value is -2.12. The molecule has 4 aliphatic carbocycles. The normalized spacial score (nSPS) is 37.4. The zero-order valence-corrected chi connectivity index (χ0v) is 25.4. The molecule has 8 nitrogen and oxygen atoms in total. The summed E-state index contributed by atoms with van der Waals surface area (Å²) in [5.74, 6) is -0.693. The number of amides is 2. The van der Waals surface area contributed by atoms with Crippen LogP contribution in [-0.2, 0) is 19.2 Å². The molecule has 4 saturated carbocycles. The molecule has 0 aromatic heterocycles. The molecule has 6 fully saturated rings. The van der Waals surface area contributed by atoms with Crippen molar-refractivity contribution < 1.29 is 29.4 Å². The predicted molar refractivity (Wildman–Crippen MR) is 157 cm³/mol. The van der Waals surface area contributed by atoms with Crippen LogP contribution in [-0.4, -0.2) is 67.9 Å². The molecule has 2 saturated heterocycles. The van der Waals surface area contributed by atoms with Crippen molar-refractivity contribution in [2.45, 2.75) is 139 Å². The number of aliphatic carboxylic acids is 2. The number of hydrogen-bond donors (Lipinski definition) is 2. The van der Waals surface area contributed by atoms with Crippen LogP contribution >= 0.6 is 0 Å². The summed E-state index contributed by atoms with van der Waals surface area (Å²) in [6, 6.07) is 0. The van der Waals surface area contributed by atoms with Gasteiger partial charge in [0.15, 0.2) is 0 Å². The SMILES string of the molecule is O=C(O)C1CC(CC2CCCCC2)CCC12C(=O)N2CCCCN1C(=O)C12CCC(CC1CCCCC1)CC2C(=O)O. The Morgan fingerprint density at radius 2 is 0.976 bits per heavy atom. The molecule has 0 aromatic carbocycles. The molecule has 6 rings (SSSR count). The lowest BCUT2D eigenvalue weighted by Crippen LogP contribution is -2.42. The van der Waals surface area contributed by atoms with E-state index in [-0.39, 0.29) is 11.8 Å². The van der Waals surface area contributed by atoms with E-state index in [4.69, 9.17) is 0 Å². The fourth-order valence-corrected chi connectivity index (χ4v) is 10.3. The summed E-state index contributed by atoms with van der Waals surface area (Å²) in [7, 11) is 0. The Kier molecular flexibility index (Phi) is 8.63. The zero-order valence-electron chi connectivity index (χ0n) is 25.4. The molecule has 6 unspecified atom stereocenters. The summed E-state index contributed by atoms with van der Waals surface area (Å²) in [6.45, 7) is 1.05. The van der Waals surface area contributed by atoms with Gasteiger partial charge in [-0.05, 0) is 87.9 Å². The Bertz CT molecular complexity index is 969. The highest BCUT2D eigenvalue weighted by Crippen LogP contribution is 2.55. The molecule has 0 aromatic rings. The monoisotopic (exact) mass is 584 g/mol. The van der Waals surface area contributed by atoms with Crippen LogP contribution in [0.15, 0.2) is 0 Å². The summed E-state index contributed by atoms with van der Waals surface area (Å²) in [6.07, 6.45) is 20.9. The largest absolute Gasteiger partial charge is 0.481 e. The van der Waals surface area contributed by atoms with Gasteiger partial charge in [0, 0.05) is 13.1 Å². The van der Waals surface area contributed by atoms with Crippen LogP contribution in [0.5, 0.6) is 0 Å². The molecule has 42 heavy (non-hydrogen) atoms. The lowest BCUT2D eigenvalue weighted by atomic mass is 9.69. The molecule has 2 spiro atoms. The van der Waals surface area contributed by atoms with Crippen molar-refractivity contribution in [3.63, 3.8) is 0 Å². The first-order chi connectivity index (χ1) is 20.3. The van der Waals surface area contributed by atoms with Crippen molar-refractivity contribution in [2.75, 3.05) is 13.1 Å². The van der Waals surface area contributed by atoms with Gasteiger partial charge in [-0.3, -0.25) is 19.2 Å². The highest BCUT2D eigenvalue weighted by atomic mass is 16.4. The van der Waals surface area contributed by atoms with Gasteiger partial charge >= 0.3 is 11.9 Å². The van der Waals surface area contributed by atoms with Crippen molar-refractivity contribution in [2.24, 2.45) is 35.5 Å². The number of unbranched alkanes of at least 4 members (excludes halogenated alkanes) is 1. The number of hydrogen-bond acceptors (Lipinski definition) is 4. The molecular formula is C34H52N2O6. The zero-order chi connectivity index (χ0) is 29.5. The van der Waals surface area contributed by atoms with Crippen LogP contribution in [0.25, 0.3) is 0 Å². The Morgan fingerprint density at radius 3 is 1.33 bits per heavy atom. The first-order valence-corrected chi connectivity index (χ1v) is 17.4. The third-order valence-corrected chi connectivity index (χ3v) is 12.6. The number of carbonyl (C=O) groups excluding carboxylic acids is 2. The minimum Gasteiger partial charge on any atom is -0.481 e. The van der Waals surface area contributed by atoms with Crippen LogP contribution in [0.4, 0.5) is 0 Å². The maximum absolute atomic E-state index is 13.1. The van der Waals surface area contributed by atoms with Gasteiger partial charge in [0.2, 0.25) is 11.8 Å². The maximum atomic E-state index is 13.1. The van der Waals surface area contributed by atoms with Gasteiger partial charge in [0.25, 0.3) is 0 Å². The second-order valence-electron chi connectivity index (χ2n) is 15.0. The minimum atomic E-state index is -0.838. The standard InChI is InChI=1S/C34H52N2O6/c37-29(38)27-21-25(19-23-9-3-1-4-10-23)13-15-33(27)31(41)35(33)17-7-8-18-36-32(42)34(36)16-14-26(22-28(34)30(39)40)20-24-11-5-2-6-12-24/h23-28H,1-22H2,(H,37,38)(H,39,40). The van der Waals surface area contributed by atoms with E-state index in [1.807, 2.05) is 0 Å². The topological polar surface area (TPSA) is 115 Å². The van der Waals surface area contributed by atoms with Gasteiger partial charge in [-0.2, -0.15) is 0 Å². The molecule has 234 valence electrons. The van der Waals surface area contributed by atoms with E-state index in [9.17, 15) is 29.4 Å². The molecule has 0 bridgehead atoms. The van der Waals surface area contributed by atoms with Crippen LogP contribution in [0, 0.1) is 35.5 Å². The van der Waals surface area contributed by atoms with E-state index in [0.717, 1.165) is 25.7 Å². The van der Waals surface area contributed by atoms with E-state index in [1.54, 1.807) is 9.80 Å². The Morgan fingerprint density at radius 1 is 0.595 bits per heavy atom. The van der Waals surface area contributed by atoms with E-state index in [1.165, 1.54) is 64.2 Å². The number of carbonyl (C=O) groups is 4.